The van der Waals surface area contributed by atoms with Crippen LogP contribution in [0.5, 0.6) is 0 Å². The lowest BCUT2D eigenvalue weighted by Gasteiger charge is -2.17. The molecular formula is C18H20BN3O. The van der Waals surface area contributed by atoms with Crippen LogP contribution in [0.25, 0.3) is 11.5 Å². The fourth-order valence-electron chi connectivity index (χ4n) is 2.69. The first kappa shape index (κ1) is 16.9. The molecule has 0 amide bonds. The van der Waals surface area contributed by atoms with Crippen molar-refractivity contribution in [2.75, 3.05) is 0 Å². The molecule has 116 valence electrons. The van der Waals surface area contributed by atoms with Gasteiger partial charge in [-0.25, -0.2) is 0 Å². The molecule has 0 N–H and O–H groups in total. The van der Waals surface area contributed by atoms with E-state index >= 15 is 0 Å². The second-order valence-corrected chi connectivity index (χ2v) is 5.83. The van der Waals surface area contributed by atoms with Crippen molar-refractivity contribution in [2.45, 2.75) is 41.5 Å². The summed E-state index contributed by atoms with van der Waals surface area (Å²) in [6, 6.07) is 2.23. The van der Waals surface area contributed by atoms with E-state index in [2.05, 4.69) is 11.1 Å². The van der Waals surface area contributed by atoms with Gasteiger partial charge in [-0.1, -0.05) is 0 Å². The average Bonchev–Trinajstić information content (AvgIpc) is 2.78. The van der Waals surface area contributed by atoms with Gasteiger partial charge in [-0.3, -0.25) is 4.98 Å². The predicted molar refractivity (Wildman–Crippen MR) is 92.7 cm³/mol. The molecule has 5 heteroatoms. The Morgan fingerprint density at radius 1 is 1.13 bits per heavy atom. The Morgan fingerprint density at radius 3 is 2.26 bits per heavy atom. The molecule has 2 aromatic rings. The van der Waals surface area contributed by atoms with Crippen molar-refractivity contribution >= 4 is 19.5 Å². The molecule has 0 saturated carbocycles. The van der Waals surface area contributed by atoms with E-state index in [0.717, 1.165) is 39.2 Å². The summed E-state index contributed by atoms with van der Waals surface area (Å²) in [6.07, 6.45) is 3.74. The van der Waals surface area contributed by atoms with Crippen molar-refractivity contribution < 1.29 is 4.65 Å². The van der Waals surface area contributed by atoms with E-state index in [9.17, 15) is 5.26 Å². The SMILES string of the molecule is [B]OC(=C(C#N)n1cc(C)c(C)c1C)c1c(C)ncc(C)c1C. The van der Waals surface area contributed by atoms with Crippen molar-refractivity contribution in [2.24, 2.45) is 0 Å². The molecule has 4 nitrogen and oxygen atoms in total. The van der Waals surface area contributed by atoms with Crippen molar-refractivity contribution in [3.8, 4) is 6.07 Å². The van der Waals surface area contributed by atoms with E-state index in [1.54, 1.807) is 0 Å². The number of aromatic nitrogens is 2. The van der Waals surface area contributed by atoms with Crippen molar-refractivity contribution in [3.05, 3.63) is 51.6 Å². The fourth-order valence-corrected chi connectivity index (χ4v) is 2.69. The summed E-state index contributed by atoms with van der Waals surface area (Å²) in [4.78, 5) is 4.38. The van der Waals surface area contributed by atoms with Crippen LogP contribution in [0, 0.1) is 52.9 Å². The topological polar surface area (TPSA) is 50.8 Å². The van der Waals surface area contributed by atoms with Gasteiger partial charge in [-0.05, 0) is 63.8 Å². The zero-order chi connectivity index (χ0) is 17.3. The molecule has 0 bridgehead atoms. The van der Waals surface area contributed by atoms with Gasteiger partial charge in [0.2, 0.25) is 0 Å². The highest BCUT2D eigenvalue weighted by Crippen LogP contribution is 2.30. The molecule has 23 heavy (non-hydrogen) atoms. The Hall–Kier alpha value is -2.48. The third kappa shape index (κ3) is 2.77. The summed E-state index contributed by atoms with van der Waals surface area (Å²) in [5, 5.41) is 9.73. The lowest BCUT2D eigenvalue weighted by molar-refractivity contribution is 0.569. The molecule has 0 saturated heterocycles. The highest BCUT2D eigenvalue weighted by molar-refractivity contribution is 6.05. The molecule has 0 fully saturated rings. The number of nitriles is 1. The number of rotatable bonds is 3. The number of hydrogen-bond donors (Lipinski definition) is 0. The molecule has 0 aliphatic rings. The summed E-state index contributed by atoms with van der Waals surface area (Å²) in [6.45, 7) is 11.9. The Bertz CT molecular complexity index is 841. The van der Waals surface area contributed by atoms with Gasteiger partial charge in [0.15, 0.2) is 5.70 Å². The van der Waals surface area contributed by atoms with E-state index in [1.807, 2.05) is 58.5 Å². The van der Waals surface area contributed by atoms with Crippen molar-refractivity contribution in [1.29, 1.82) is 5.26 Å². The molecule has 0 unspecified atom stereocenters. The molecule has 0 aliphatic heterocycles. The van der Waals surface area contributed by atoms with Crippen LogP contribution in [0.2, 0.25) is 0 Å². The van der Waals surface area contributed by atoms with Gasteiger partial charge in [0.1, 0.15) is 11.8 Å². The lowest BCUT2D eigenvalue weighted by atomic mass is 10.0. The van der Waals surface area contributed by atoms with Gasteiger partial charge in [0, 0.05) is 29.3 Å². The minimum atomic E-state index is 0.344. The van der Waals surface area contributed by atoms with Crippen molar-refractivity contribution in [3.63, 3.8) is 0 Å². The standard InChI is InChI=1S/C18H20BN3O/c1-10-8-21-14(5)17(13(10)4)18(23-19)16(7-20)22-9-11(2)12(3)15(22)6/h8-9H,1-6H3. The van der Waals surface area contributed by atoms with Crippen LogP contribution < -0.4 is 0 Å². The van der Waals surface area contributed by atoms with E-state index in [1.165, 1.54) is 0 Å². The Kier molecular flexibility index (Phi) is 4.65. The maximum absolute atomic E-state index is 9.73. The monoisotopic (exact) mass is 305 g/mol. The molecular weight excluding hydrogens is 285 g/mol. The van der Waals surface area contributed by atoms with Crippen LogP contribution in [0.3, 0.4) is 0 Å². The van der Waals surface area contributed by atoms with E-state index in [-0.39, 0.29) is 0 Å². The first-order valence-corrected chi connectivity index (χ1v) is 7.43. The Labute approximate surface area is 138 Å². The minimum absolute atomic E-state index is 0.344. The van der Waals surface area contributed by atoms with Crippen LogP contribution in [-0.2, 0) is 4.65 Å². The highest BCUT2D eigenvalue weighted by Gasteiger charge is 2.20. The largest absolute Gasteiger partial charge is 0.565 e. The van der Waals surface area contributed by atoms with E-state index < -0.39 is 0 Å². The summed E-state index contributed by atoms with van der Waals surface area (Å²) >= 11 is 0. The number of pyridine rings is 1. The van der Waals surface area contributed by atoms with E-state index in [4.69, 9.17) is 12.7 Å². The number of allylic oxidation sites excluding steroid dienone is 1. The van der Waals surface area contributed by atoms with Crippen LogP contribution in [0.4, 0.5) is 0 Å². The van der Waals surface area contributed by atoms with Gasteiger partial charge in [0.05, 0.1) is 0 Å². The van der Waals surface area contributed by atoms with Gasteiger partial charge in [0.25, 0.3) is 0 Å². The first-order valence-electron chi connectivity index (χ1n) is 7.43. The molecule has 2 heterocycles. The fraction of sp³-hybridized carbons (Fsp3) is 0.333. The molecule has 2 aromatic heterocycles. The lowest BCUT2D eigenvalue weighted by Crippen LogP contribution is -2.07. The average molecular weight is 305 g/mol. The minimum Gasteiger partial charge on any atom is -0.565 e. The van der Waals surface area contributed by atoms with Crippen molar-refractivity contribution in [1.82, 2.24) is 9.55 Å². The van der Waals surface area contributed by atoms with Gasteiger partial charge in [-0.15, -0.1) is 0 Å². The highest BCUT2D eigenvalue weighted by atomic mass is 16.4. The van der Waals surface area contributed by atoms with Gasteiger partial charge in [-0.2, -0.15) is 5.26 Å². The third-order valence-electron chi connectivity index (χ3n) is 4.51. The van der Waals surface area contributed by atoms with E-state index in [0.29, 0.717) is 11.5 Å². The van der Waals surface area contributed by atoms with Gasteiger partial charge < -0.3 is 9.22 Å². The Balaban J connectivity index is 2.85. The number of nitrogens with zero attached hydrogens (tertiary/aromatic N) is 3. The van der Waals surface area contributed by atoms with Crippen LogP contribution in [0.1, 0.15) is 39.2 Å². The molecule has 2 rings (SSSR count). The molecule has 0 spiro atoms. The second kappa shape index (κ2) is 6.33. The summed E-state index contributed by atoms with van der Waals surface area (Å²) < 4.78 is 6.99. The zero-order valence-corrected chi connectivity index (χ0v) is 14.5. The Morgan fingerprint density at radius 2 is 1.78 bits per heavy atom. The normalized spacial score (nSPS) is 11.9. The summed E-state index contributed by atoms with van der Waals surface area (Å²) in [7, 11) is 5.55. The smallest absolute Gasteiger partial charge is 0.374 e. The number of aryl methyl sites for hydroxylation is 3. The molecule has 0 aromatic carbocycles. The summed E-state index contributed by atoms with van der Waals surface area (Å²) in [5.41, 5.74) is 7.18. The predicted octanol–water partition coefficient (Wildman–Crippen LogP) is 3.68. The summed E-state index contributed by atoms with van der Waals surface area (Å²) in [5.74, 6) is 0.344. The quantitative estimate of drug-likeness (QED) is 0.494. The third-order valence-corrected chi connectivity index (χ3v) is 4.51. The zero-order valence-electron chi connectivity index (χ0n) is 14.5. The molecule has 2 radical (unpaired) electrons. The molecule has 0 aliphatic carbocycles. The molecule has 0 atom stereocenters. The van der Waals surface area contributed by atoms with Crippen LogP contribution >= 0.6 is 0 Å². The van der Waals surface area contributed by atoms with Gasteiger partial charge >= 0.3 is 8.05 Å². The maximum atomic E-state index is 9.73. The van der Waals surface area contributed by atoms with Crippen LogP contribution in [-0.4, -0.2) is 17.6 Å². The maximum Gasteiger partial charge on any atom is 0.374 e. The van der Waals surface area contributed by atoms with Crippen LogP contribution in [0.15, 0.2) is 12.4 Å². The first-order chi connectivity index (χ1) is 10.8. The number of hydrogen-bond acceptors (Lipinski definition) is 3. The second-order valence-electron chi connectivity index (χ2n) is 5.83.